The summed E-state index contributed by atoms with van der Waals surface area (Å²) in [5, 5.41) is 0. The first-order valence-electron chi connectivity index (χ1n) is 7.28. The monoisotopic (exact) mass is 278 g/mol. The van der Waals surface area contributed by atoms with Crippen LogP contribution in [0.25, 0.3) is 0 Å². The van der Waals surface area contributed by atoms with E-state index in [0.29, 0.717) is 6.61 Å². The second-order valence-electron chi connectivity index (χ2n) is 5.13. The molecule has 1 aromatic rings. The van der Waals surface area contributed by atoms with Crippen molar-refractivity contribution in [3.05, 3.63) is 35.9 Å². The van der Waals surface area contributed by atoms with Gasteiger partial charge in [0.25, 0.3) is 0 Å². The molecule has 0 saturated heterocycles. The molecule has 0 aliphatic carbocycles. The standard InChI is InChI=1S/C16H26O2Si/c1-5-19(6-2,7-3)18-13-16(14(4)17)15-11-9-8-10-12-15/h8-12,16H,5-7,13H2,1-4H3. The second kappa shape index (κ2) is 7.61. The molecule has 0 heterocycles. The number of rotatable bonds is 8. The molecule has 1 rings (SSSR count). The Kier molecular flexibility index (Phi) is 6.45. The van der Waals surface area contributed by atoms with E-state index in [1.165, 1.54) is 0 Å². The molecule has 1 aromatic carbocycles. The number of hydrogen-bond acceptors (Lipinski definition) is 2. The Balaban J connectivity index is 2.78. The number of ketones is 1. The predicted octanol–water partition coefficient (Wildman–Crippen LogP) is 4.38. The molecule has 0 spiro atoms. The summed E-state index contributed by atoms with van der Waals surface area (Å²) < 4.78 is 6.27. The molecule has 0 aromatic heterocycles. The summed E-state index contributed by atoms with van der Waals surface area (Å²) in [4.78, 5) is 11.9. The van der Waals surface area contributed by atoms with Crippen molar-refractivity contribution < 1.29 is 9.22 Å². The highest BCUT2D eigenvalue weighted by molar-refractivity contribution is 6.73. The molecule has 3 heteroatoms. The summed E-state index contributed by atoms with van der Waals surface area (Å²) in [6.45, 7) is 8.84. The third-order valence-electron chi connectivity index (χ3n) is 4.18. The summed E-state index contributed by atoms with van der Waals surface area (Å²) in [6.07, 6.45) is 0. The number of hydrogen-bond donors (Lipinski definition) is 0. The molecule has 0 fully saturated rings. The van der Waals surface area contributed by atoms with Crippen molar-refractivity contribution in [2.24, 2.45) is 0 Å². The van der Waals surface area contributed by atoms with Gasteiger partial charge in [0.15, 0.2) is 8.32 Å². The Morgan fingerprint density at radius 2 is 1.63 bits per heavy atom. The zero-order valence-electron chi connectivity index (χ0n) is 12.6. The van der Waals surface area contributed by atoms with Crippen LogP contribution in [0, 0.1) is 0 Å². The van der Waals surface area contributed by atoms with Crippen molar-refractivity contribution >= 4 is 14.1 Å². The smallest absolute Gasteiger partial charge is 0.192 e. The van der Waals surface area contributed by atoms with Gasteiger partial charge in [-0.05, 0) is 30.6 Å². The fourth-order valence-corrected chi connectivity index (χ4v) is 5.08. The summed E-state index contributed by atoms with van der Waals surface area (Å²) >= 11 is 0. The van der Waals surface area contributed by atoms with Crippen molar-refractivity contribution in [1.82, 2.24) is 0 Å². The lowest BCUT2D eigenvalue weighted by molar-refractivity contribution is -0.119. The maximum absolute atomic E-state index is 11.9. The van der Waals surface area contributed by atoms with E-state index in [1.807, 2.05) is 30.3 Å². The van der Waals surface area contributed by atoms with Crippen LogP contribution < -0.4 is 0 Å². The fraction of sp³-hybridized carbons (Fsp3) is 0.562. The zero-order valence-corrected chi connectivity index (χ0v) is 13.6. The lowest BCUT2D eigenvalue weighted by atomic mass is 9.97. The van der Waals surface area contributed by atoms with Crippen molar-refractivity contribution in [3.63, 3.8) is 0 Å². The molecule has 0 bridgehead atoms. The van der Waals surface area contributed by atoms with Crippen LogP contribution in [0.2, 0.25) is 18.1 Å². The summed E-state index contributed by atoms with van der Waals surface area (Å²) in [5.41, 5.74) is 1.07. The van der Waals surface area contributed by atoms with Crippen LogP contribution in [0.15, 0.2) is 30.3 Å². The quantitative estimate of drug-likeness (QED) is 0.660. The third-order valence-corrected chi connectivity index (χ3v) is 8.83. The lowest BCUT2D eigenvalue weighted by Crippen LogP contribution is -2.37. The Labute approximate surface area is 118 Å². The maximum atomic E-state index is 11.9. The van der Waals surface area contributed by atoms with Crippen molar-refractivity contribution in [3.8, 4) is 0 Å². The van der Waals surface area contributed by atoms with Crippen LogP contribution in [0.5, 0.6) is 0 Å². The van der Waals surface area contributed by atoms with E-state index >= 15 is 0 Å². The normalized spacial score (nSPS) is 13.3. The molecule has 106 valence electrons. The largest absolute Gasteiger partial charge is 0.416 e. The van der Waals surface area contributed by atoms with Gasteiger partial charge in [-0.3, -0.25) is 4.79 Å². The first-order chi connectivity index (χ1) is 9.08. The van der Waals surface area contributed by atoms with Gasteiger partial charge in [-0.15, -0.1) is 0 Å². The molecule has 2 nitrogen and oxygen atoms in total. The topological polar surface area (TPSA) is 26.3 Å². The zero-order chi connectivity index (χ0) is 14.3. The first-order valence-corrected chi connectivity index (χ1v) is 9.80. The van der Waals surface area contributed by atoms with E-state index < -0.39 is 8.32 Å². The van der Waals surface area contributed by atoms with Gasteiger partial charge in [0.05, 0.1) is 5.92 Å². The Morgan fingerprint density at radius 1 is 1.11 bits per heavy atom. The Morgan fingerprint density at radius 3 is 2.05 bits per heavy atom. The van der Waals surface area contributed by atoms with E-state index in [4.69, 9.17) is 4.43 Å². The van der Waals surface area contributed by atoms with Gasteiger partial charge >= 0.3 is 0 Å². The number of carbonyl (C=O) groups is 1. The average Bonchev–Trinajstić information content (AvgIpc) is 2.45. The molecular formula is C16H26O2Si. The van der Waals surface area contributed by atoms with Crippen molar-refractivity contribution in [2.45, 2.75) is 51.7 Å². The van der Waals surface area contributed by atoms with Gasteiger partial charge in [0.2, 0.25) is 0 Å². The van der Waals surface area contributed by atoms with Crippen LogP contribution in [0.3, 0.4) is 0 Å². The van der Waals surface area contributed by atoms with Gasteiger partial charge in [0, 0.05) is 6.61 Å². The molecule has 0 aliphatic rings. The molecule has 1 unspecified atom stereocenters. The van der Waals surface area contributed by atoms with E-state index in [9.17, 15) is 4.79 Å². The van der Waals surface area contributed by atoms with Crippen LogP contribution >= 0.6 is 0 Å². The molecule has 0 saturated carbocycles. The predicted molar refractivity (Wildman–Crippen MR) is 83.0 cm³/mol. The Hall–Kier alpha value is -0.933. The van der Waals surface area contributed by atoms with Crippen LogP contribution in [-0.2, 0) is 9.22 Å². The van der Waals surface area contributed by atoms with Crippen LogP contribution in [0.1, 0.15) is 39.2 Å². The SMILES string of the molecule is CC[Si](CC)(CC)OCC(C(C)=O)c1ccccc1. The minimum atomic E-state index is -1.61. The summed E-state index contributed by atoms with van der Waals surface area (Å²) in [5.74, 6) is 0.0788. The number of benzene rings is 1. The number of carbonyl (C=O) groups excluding carboxylic acids is 1. The highest BCUT2D eigenvalue weighted by Gasteiger charge is 2.30. The van der Waals surface area contributed by atoms with Gasteiger partial charge in [-0.2, -0.15) is 0 Å². The molecule has 0 radical (unpaired) electrons. The molecular weight excluding hydrogens is 252 g/mol. The lowest BCUT2D eigenvalue weighted by Gasteiger charge is -2.30. The first kappa shape index (κ1) is 16.1. The summed E-state index contributed by atoms with van der Waals surface area (Å²) in [7, 11) is -1.61. The summed E-state index contributed by atoms with van der Waals surface area (Å²) in [6, 6.07) is 13.3. The van der Waals surface area contributed by atoms with E-state index in [2.05, 4.69) is 20.8 Å². The van der Waals surface area contributed by atoms with E-state index in [1.54, 1.807) is 6.92 Å². The highest BCUT2D eigenvalue weighted by Crippen LogP contribution is 2.25. The van der Waals surface area contributed by atoms with Crippen LogP contribution in [-0.4, -0.2) is 20.7 Å². The van der Waals surface area contributed by atoms with E-state index in [-0.39, 0.29) is 11.7 Å². The molecule has 0 amide bonds. The van der Waals surface area contributed by atoms with Crippen molar-refractivity contribution in [2.75, 3.05) is 6.61 Å². The van der Waals surface area contributed by atoms with Gasteiger partial charge in [-0.1, -0.05) is 51.1 Å². The maximum Gasteiger partial charge on any atom is 0.192 e. The minimum Gasteiger partial charge on any atom is -0.416 e. The molecule has 19 heavy (non-hydrogen) atoms. The van der Waals surface area contributed by atoms with Gasteiger partial charge in [-0.25, -0.2) is 0 Å². The van der Waals surface area contributed by atoms with Gasteiger partial charge in [0.1, 0.15) is 5.78 Å². The average molecular weight is 278 g/mol. The number of Topliss-reactive ketones (excluding diaryl/α,β-unsaturated/α-hetero) is 1. The highest BCUT2D eigenvalue weighted by atomic mass is 28.4. The Bertz CT molecular complexity index is 377. The second-order valence-corrected chi connectivity index (χ2v) is 9.90. The third kappa shape index (κ3) is 4.29. The van der Waals surface area contributed by atoms with Crippen molar-refractivity contribution in [1.29, 1.82) is 0 Å². The molecule has 0 aliphatic heterocycles. The van der Waals surface area contributed by atoms with E-state index in [0.717, 1.165) is 23.7 Å². The fourth-order valence-electron chi connectivity index (χ4n) is 2.45. The van der Waals surface area contributed by atoms with Crippen LogP contribution in [0.4, 0.5) is 0 Å². The minimum absolute atomic E-state index is 0.113. The van der Waals surface area contributed by atoms with Gasteiger partial charge < -0.3 is 4.43 Å². The molecule has 1 atom stereocenters. The molecule has 0 N–H and O–H groups in total.